The van der Waals surface area contributed by atoms with Gasteiger partial charge in [0.25, 0.3) is 0 Å². The Morgan fingerprint density at radius 2 is 2.19 bits per heavy atom. The van der Waals surface area contributed by atoms with Gasteiger partial charge in [0, 0.05) is 38.3 Å². The summed E-state index contributed by atoms with van der Waals surface area (Å²) in [7, 11) is 2.24. The van der Waals surface area contributed by atoms with Crippen LogP contribution in [0.1, 0.15) is 19.8 Å². The lowest BCUT2D eigenvalue weighted by atomic mass is 10.1. The number of hydrogen-bond donors (Lipinski definition) is 1. The van der Waals surface area contributed by atoms with Gasteiger partial charge in [0.1, 0.15) is 0 Å². The van der Waals surface area contributed by atoms with E-state index >= 15 is 0 Å². The third-order valence-electron chi connectivity index (χ3n) is 3.72. The van der Waals surface area contributed by atoms with Crippen LogP contribution in [0.5, 0.6) is 0 Å². The minimum atomic E-state index is 0.593. The zero-order valence-corrected chi connectivity index (χ0v) is 11.8. The summed E-state index contributed by atoms with van der Waals surface area (Å²) in [6, 6.07) is 1.31. The Labute approximate surface area is 105 Å². The van der Waals surface area contributed by atoms with E-state index in [0.29, 0.717) is 6.04 Å². The highest BCUT2D eigenvalue weighted by atomic mass is 32.2. The molecule has 0 aromatic heterocycles. The summed E-state index contributed by atoms with van der Waals surface area (Å²) in [6.45, 7) is 6.66. The molecule has 0 radical (unpaired) electrons. The maximum absolute atomic E-state index is 5.90. The summed E-state index contributed by atoms with van der Waals surface area (Å²) in [5.41, 5.74) is 5.90. The number of nitrogens with zero attached hydrogens (tertiary/aromatic N) is 2. The van der Waals surface area contributed by atoms with Gasteiger partial charge >= 0.3 is 0 Å². The summed E-state index contributed by atoms with van der Waals surface area (Å²) in [5, 5.41) is 0. The Morgan fingerprint density at radius 1 is 1.44 bits per heavy atom. The van der Waals surface area contributed by atoms with E-state index in [-0.39, 0.29) is 0 Å². The second-order valence-electron chi connectivity index (χ2n) is 4.71. The standard InChI is InChI=1S/C12H27N3S/c1-4-11-10-15(7-6-14(11)2)12(9-13)5-8-16-3/h11-12H,4-10,13H2,1-3H3. The van der Waals surface area contributed by atoms with Crippen LogP contribution in [0.2, 0.25) is 0 Å². The molecule has 0 bridgehead atoms. The summed E-state index contributed by atoms with van der Waals surface area (Å²) >= 11 is 1.92. The van der Waals surface area contributed by atoms with Gasteiger partial charge in [0.15, 0.2) is 0 Å². The molecule has 1 aliphatic heterocycles. The molecule has 16 heavy (non-hydrogen) atoms. The third kappa shape index (κ3) is 3.91. The predicted molar refractivity (Wildman–Crippen MR) is 74.1 cm³/mol. The Kier molecular flexibility index (Phi) is 6.73. The molecule has 0 saturated carbocycles. The fourth-order valence-corrected chi connectivity index (χ4v) is 2.95. The number of nitrogens with two attached hydrogens (primary N) is 1. The third-order valence-corrected chi connectivity index (χ3v) is 4.37. The molecule has 1 rings (SSSR count). The predicted octanol–water partition coefficient (Wildman–Crippen LogP) is 1.09. The largest absolute Gasteiger partial charge is 0.329 e. The van der Waals surface area contributed by atoms with Crippen LogP contribution in [0.15, 0.2) is 0 Å². The number of hydrogen-bond acceptors (Lipinski definition) is 4. The number of piperazine rings is 1. The normalized spacial score (nSPS) is 25.9. The fourth-order valence-electron chi connectivity index (χ4n) is 2.45. The maximum atomic E-state index is 5.90. The molecule has 96 valence electrons. The van der Waals surface area contributed by atoms with Gasteiger partial charge in [-0.3, -0.25) is 4.90 Å². The Morgan fingerprint density at radius 3 is 2.75 bits per heavy atom. The first-order valence-corrected chi connectivity index (χ1v) is 7.75. The van der Waals surface area contributed by atoms with Crippen molar-refractivity contribution in [1.82, 2.24) is 9.80 Å². The van der Waals surface area contributed by atoms with Gasteiger partial charge in [0.2, 0.25) is 0 Å². The van der Waals surface area contributed by atoms with Crippen molar-refractivity contribution in [2.75, 3.05) is 45.2 Å². The quantitative estimate of drug-likeness (QED) is 0.759. The van der Waals surface area contributed by atoms with Crippen LogP contribution in [0.4, 0.5) is 0 Å². The smallest absolute Gasteiger partial charge is 0.0227 e. The summed E-state index contributed by atoms with van der Waals surface area (Å²) in [5.74, 6) is 1.23. The molecular weight excluding hydrogens is 218 g/mol. The minimum Gasteiger partial charge on any atom is -0.329 e. The lowest BCUT2D eigenvalue weighted by Gasteiger charge is -2.42. The molecule has 1 aliphatic rings. The lowest BCUT2D eigenvalue weighted by molar-refractivity contribution is 0.0638. The van der Waals surface area contributed by atoms with Crippen LogP contribution >= 0.6 is 11.8 Å². The van der Waals surface area contributed by atoms with E-state index in [0.717, 1.165) is 12.6 Å². The molecule has 0 aliphatic carbocycles. The van der Waals surface area contributed by atoms with Crippen molar-refractivity contribution in [2.45, 2.75) is 31.8 Å². The molecule has 1 saturated heterocycles. The average Bonchev–Trinajstić information content (AvgIpc) is 2.32. The monoisotopic (exact) mass is 245 g/mol. The molecule has 0 aromatic rings. The van der Waals surface area contributed by atoms with Crippen molar-refractivity contribution in [1.29, 1.82) is 0 Å². The van der Waals surface area contributed by atoms with Crippen LogP contribution in [0.25, 0.3) is 0 Å². The molecule has 2 atom stereocenters. The zero-order chi connectivity index (χ0) is 12.0. The first-order valence-electron chi connectivity index (χ1n) is 6.36. The summed E-state index contributed by atoms with van der Waals surface area (Å²) < 4.78 is 0. The number of thioether (sulfide) groups is 1. The number of likely N-dealkylation sites (N-methyl/N-ethyl adjacent to an activating group) is 1. The summed E-state index contributed by atoms with van der Waals surface area (Å²) in [4.78, 5) is 5.09. The van der Waals surface area contributed by atoms with Crippen molar-refractivity contribution < 1.29 is 0 Å². The molecule has 1 heterocycles. The first kappa shape index (κ1) is 14.3. The van der Waals surface area contributed by atoms with Crippen molar-refractivity contribution in [3.63, 3.8) is 0 Å². The second kappa shape index (κ2) is 7.54. The molecule has 0 amide bonds. The lowest BCUT2D eigenvalue weighted by Crippen LogP contribution is -2.55. The van der Waals surface area contributed by atoms with Crippen molar-refractivity contribution in [2.24, 2.45) is 5.73 Å². The van der Waals surface area contributed by atoms with Crippen molar-refractivity contribution in [3.8, 4) is 0 Å². The van der Waals surface area contributed by atoms with Gasteiger partial charge < -0.3 is 10.6 Å². The van der Waals surface area contributed by atoms with Gasteiger partial charge in [0.05, 0.1) is 0 Å². The van der Waals surface area contributed by atoms with Gasteiger partial charge in [-0.05, 0) is 31.9 Å². The van der Waals surface area contributed by atoms with Crippen LogP contribution in [0.3, 0.4) is 0 Å². The van der Waals surface area contributed by atoms with E-state index in [1.165, 1.54) is 38.2 Å². The molecule has 3 nitrogen and oxygen atoms in total. The van der Waals surface area contributed by atoms with Crippen LogP contribution in [-0.2, 0) is 0 Å². The van der Waals surface area contributed by atoms with E-state index in [1.54, 1.807) is 0 Å². The van der Waals surface area contributed by atoms with Gasteiger partial charge in [-0.15, -0.1) is 0 Å². The molecule has 4 heteroatoms. The van der Waals surface area contributed by atoms with Gasteiger partial charge in [-0.25, -0.2) is 0 Å². The molecule has 2 unspecified atom stereocenters. The Hall–Kier alpha value is 0.230. The number of rotatable bonds is 6. The molecule has 0 spiro atoms. The topological polar surface area (TPSA) is 32.5 Å². The van der Waals surface area contributed by atoms with Crippen LogP contribution < -0.4 is 5.73 Å². The van der Waals surface area contributed by atoms with Crippen molar-refractivity contribution >= 4 is 11.8 Å². The van der Waals surface area contributed by atoms with E-state index in [4.69, 9.17) is 5.73 Å². The maximum Gasteiger partial charge on any atom is 0.0227 e. The van der Waals surface area contributed by atoms with E-state index in [2.05, 4.69) is 30.0 Å². The zero-order valence-electron chi connectivity index (χ0n) is 11.0. The fraction of sp³-hybridized carbons (Fsp3) is 1.00. The Balaban J connectivity index is 2.45. The van der Waals surface area contributed by atoms with E-state index < -0.39 is 0 Å². The minimum absolute atomic E-state index is 0.593. The van der Waals surface area contributed by atoms with Crippen molar-refractivity contribution in [3.05, 3.63) is 0 Å². The van der Waals surface area contributed by atoms with Gasteiger partial charge in [-0.1, -0.05) is 6.92 Å². The summed E-state index contributed by atoms with van der Waals surface area (Å²) in [6.07, 6.45) is 4.65. The highest BCUT2D eigenvalue weighted by Gasteiger charge is 2.26. The highest BCUT2D eigenvalue weighted by Crippen LogP contribution is 2.15. The molecule has 0 aromatic carbocycles. The average molecular weight is 245 g/mol. The molecule has 1 fully saturated rings. The van der Waals surface area contributed by atoms with Crippen LogP contribution in [0, 0.1) is 0 Å². The second-order valence-corrected chi connectivity index (χ2v) is 5.69. The van der Waals surface area contributed by atoms with E-state index in [9.17, 15) is 0 Å². The first-order chi connectivity index (χ1) is 7.72. The SMILES string of the molecule is CCC1CN(C(CN)CCSC)CCN1C. The molecular formula is C12H27N3S. The van der Waals surface area contributed by atoms with Gasteiger partial charge in [-0.2, -0.15) is 11.8 Å². The Bertz CT molecular complexity index is 189. The van der Waals surface area contributed by atoms with Crippen LogP contribution in [-0.4, -0.2) is 67.1 Å². The highest BCUT2D eigenvalue weighted by molar-refractivity contribution is 7.98. The molecule has 2 N–H and O–H groups in total. The van der Waals surface area contributed by atoms with E-state index in [1.807, 2.05) is 11.8 Å².